The van der Waals surface area contributed by atoms with E-state index in [4.69, 9.17) is 11.6 Å². The lowest BCUT2D eigenvalue weighted by Crippen LogP contribution is -2.51. The van der Waals surface area contributed by atoms with E-state index < -0.39 is 30.0 Å². The first-order valence-corrected chi connectivity index (χ1v) is 9.48. The van der Waals surface area contributed by atoms with Gasteiger partial charge in [0.15, 0.2) is 5.78 Å². The van der Waals surface area contributed by atoms with Crippen LogP contribution in [0, 0.1) is 0 Å². The van der Waals surface area contributed by atoms with Gasteiger partial charge in [0.05, 0.1) is 11.1 Å². The number of rotatable bonds is 5. The van der Waals surface area contributed by atoms with Crippen molar-refractivity contribution in [2.45, 2.75) is 0 Å². The molecule has 1 heterocycles. The fraction of sp³-hybridized carbons (Fsp3) is 0.0435. The highest BCUT2D eigenvalue weighted by Gasteiger charge is 2.42. The number of carbonyl (C=O) groups is 4. The number of Topliss-reactive ketones (excluding diaryl/α,β-unsaturated/α-hetero) is 1. The molecule has 3 amide bonds. The summed E-state index contributed by atoms with van der Waals surface area (Å²) in [6.45, 7) is -0.475. The van der Waals surface area contributed by atoms with E-state index in [0.29, 0.717) is 10.6 Å². The first kappa shape index (κ1) is 19.5. The summed E-state index contributed by atoms with van der Waals surface area (Å²) < 4.78 is 0. The fourth-order valence-electron chi connectivity index (χ4n) is 3.22. The topological polar surface area (TPSA) is 74.8 Å². The summed E-state index contributed by atoms with van der Waals surface area (Å²) in [6.07, 6.45) is 0. The maximum atomic E-state index is 13.2. The Morgan fingerprint density at radius 3 is 1.83 bits per heavy atom. The molecule has 1 aliphatic rings. The second kappa shape index (κ2) is 7.93. The first-order chi connectivity index (χ1) is 14.5. The third-order valence-corrected chi connectivity index (χ3v) is 4.98. The number of benzene rings is 3. The Kier molecular flexibility index (Phi) is 5.16. The van der Waals surface area contributed by atoms with Crippen molar-refractivity contribution < 1.29 is 19.2 Å². The summed E-state index contributed by atoms with van der Waals surface area (Å²) in [5, 5.41) is 2.06. The maximum absolute atomic E-state index is 13.2. The predicted octanol–water partition coefficient (Wildman–Crippen LogP) is 3.88. The van der Waals surface area contributed by atoms with Crippen molar-refractivity contribution in [1.29, 1.82) is 0 Å². The molecule has 1 aliphatic heterocycles. The molecule has 0 spiro atoms. The van der Waals surface area contributed by atoms with E-state index in [1.165, 1.54) is 36.4 Å². The average molecular weight is 419 g/mol. The number of hydrazine groups is 1. The molecule has 0 saturated carbocycles. The molecule has 0 atom stereocenters. The van der Waals surface area contributed by atoms with Crippen LogP contribution in [0.15, 0.2) is 78.9 Å². The monoisotopic (exact) mass is 418 g/mol. The normalized spacial score (nSPS) is 12.6. The van der Waals surface area contributed by atoms with Crippen LogP contribution in [-0.2, 0) is 0 Å². The average Bonchev–Trinajstić information content (AvgIpc) is 3.03. The molecule has 0 unspecified atom stereocenters. The molecule has 4 rings (SSSR count). The van der Waals surface area contributed by atoms with Crippen molar-refractivity contribution in [1.82, 2.24) is 10.0 Å². The third kappa shape index (κ3) is 3.49. The van der Waals surface area contributed by atoms with Gasteiger partial charge in [0.1, 0.15) is 6.54 Å². The molecule has 0 saturated heterocycles. The Morgan fingerprint density at radius 2 is 1.27 bits per heavy atom. The lowest BCUT2D eigenvalue weighted by Gasteiger charge is -2.29. The van der Waals surface area contributed by atoms with Gasteiger partial charge in [-0.1, -0.05) is 54.1 Å². The van der Waals surface area contributed by atoms with E-state index in [1.54, 1.807) is 42.5 Å². The first-order valence-electron chi connectivity index (χ1n) is 9.11. The zero-order valence-electron chi connectivity index (χ0n) is 15.6. The van der Waals surface area contributed by atoms with E-state index in [1.807, 2.05) is 0 Å². The van der Waals surface area contributed by atoms with Crippen LogP contribution in [0.2, 0.25) is 5.02 Å². The van der Waals surface area contributed by atoms with Gasteiger partial charge in [-0.3, -0.25) is 19.2 Å². The summed E-state index contributed by atoms with van der Waals surface area (Å²) in [4.78, 5) is 51.9. The zero-order chi connectivity index (χ0) is 21.3. The molecule has 0 radical (unpaired) electrons. The molecule has 30 heavy (non-hydrogen) atoms. The van der Waals surface area contributed by atoms with Gasteiger partial charge >= 0.3 is 0 Å². The summed E-state index contributed by atoms with van der Waals surface area (Å²) in [6, 6.07) is 20.7. The van der Waals surface area contributed by atoms with Gasteiger partial charge < -0.3 is 0 Å². The highest BCUT2D eigenvalue weighted by atomic mass is 35.5. The number of ketones is 1. The second-order valence-electron chi connectivity index (χ2n) is 6.63. The molecule has 0 bridgehead atoms. The number of halogens is 1. The third-order valence-electron chi connectivity index (χ3n) is 4.73. The maximum Gasteiger partial charge on any atom is 0.280 e. The second-order valence-corrected chi connectivity index (χ2v) is 7.06. The molecule has 6 nitrogen and oxygen atoms in total. The minimum Gasteiger partial charge on any atom is -0.292 e. The molecule has 0 N–H and O–H groups in total. The van der Waals surface area contributed by atoms with E-state index in [-0.39, 0.29) is 16.7 Å². The van der Waals surface area contributed by atoms with Crippen molar-refractivity contribution in [3.8, 4) is 0 Å². The smallest absolute Gasteiger partial charge is 0.280 e. The van der Waals surface area contributed by atoms with Crippen molar-refractivity contribution in [3.05, 3.63) is 106 Å². The van der Waals surface area contributed by atoms with Gasteiger partial charge in [-0.2, -0.15) is 5.01 Å². The number of imide groups is 1. The van der Waals surface area contributed by atoms with Crippen LogP contribution in [-0.4, -0.2) is 40.1 Å². The van der Waals surface area contributed by atoms with Crippen molar-refractivity contribution in [2.75, 3.05) is 6.54 Å². The molecule has 0 aliphatic carbocycles. The minimum absolute atomic E-state index is 0.184. The standard InChI is InChI=1S/C23H15ClN2O4/c24-17-12-10-16(11-13-17)21(28)25(14-20(27)15-6-2-1-3-7-15)26-22(29)18-8-4-5-9-19(18)23(26)30/h1-13H,14H2. The fourth-order valence-corrected chi connectivity index (χ4v) is 3.35. The van der Waals surface area contributed by atoms with Gasteiger partial charge in [0.25, 0.3) is 17.7 Å². The number of nitrogens with zero attached hydrogens (tertiary/aromatic N) is 2. The van der Waals surface area contributed by atoms with Crippen LogP contribution in [0.25, 0.3) is 0 Å². The summed E-state index contributed by atoms with van der Waals surface area (Å²) in [5.41, 5.74) is 0.923. The molecule has 3 aromatic carbocycles. The molecule has 148 valence electrons. The number of fused-ring (bicyclic) bond motifs is 1. The van der Waals surface area contributed by atoms with Gasteiger partial charge in [0.2, 0.25) is 0 Å². The highest BCUT2D eigenvalue weighted by molar-refractivity contribution is 6.30. The number of hydrogen-bond acceptors (Lipinski definition) is 4. The largest absolute Gasteiger partial charge is 0.292 e. The number of amides is 3. The van der Waals surface area contributed by atoms with Gasteiger partial charge in [-0.05, 0) is 36.4 Å². The van der Waals surface area contributed by atoms with Crippen LogP contribution in [0.4, 0.5) is 0 Å². The molecule has 0 fully saturated rings. The predicted molar refractivity (Wildman–Crippen MR) is 110 cm³/mol. The molecular formula is C23H15ClN2O4. The van der Waals surface area contributed by atoms with Crippen LogP contribution in [0.5, 0.6) is 0 Å². The molecule has 0 aromatic heterocycles. The van der Waals surface area contributed by atoms with Crippen molar-refractivity contribution in [3.63, 3.8) is 0 Å². The zero-order valence-corrected chi connectivity index (χ0v) is 16.4. The quantitative estimate of drug-likeness (QED) is 0.465. The van der Waals surface area contributed by atoms with Crippen LogP contribution < -0.4 is 0 Å². The Hall–Kier alpha value is -3.77. The Morgan fingerprint density at radius 1 is 0.733 bits per heavy atom. The number of carbonyl (C=O) groups excluding carboxylic acids is 4. The van der Waals surface area contributed by atoms with Crippen LogP contribution in [0.3, 0.4) is 0 Å². The summed E-state index contributed by atoms with van der Waals surface area (Å²) in [7, 11) is 0. The van der Waals surface area contributed by atoms with Gasteiger partial charge in [-0.25, -0.2) is 5.01 Å². The molecular weight excluding hydrogens is 404 g/mol. The van der Waals surface area contributed by atoms with Crippen LogP contribution >= 0.6 is 11.6 Å². The van der Waals surface area contributed by atoms with E-state index in [0.717, 1.165) is 10.0 Å². The van der Waals surface area contributed by atoms with E-state index in [2.05, 4.69) is 0 Å². The highest BCUT2D eigenvalue weighted by Crippen LogP contribution is 2.26. The summed E-state index contributed by atoms with van der Waals surface area (Å²) in [5.74, 6) is -2.38. The lowest BCUT2D eigenvalue weighted by atomic mass is 10.1. The number of hydrogen-bond donors (Lipinski definition) is 0. The SMILES string of the molecule is O=C(CN(C(=O)c1ccc(Cl)cc1)N1C(=O)c2ccccc2C1=O)c1ccccc1. The Bertz CT molecular complexity index is 1120. The van der Waals surface area contributed by atoms with Gasteiger partial charge in [0, 0.05) is 16.1 Å². The summed E-state index contributed by atoms with van der Waals surface area (Å²) >= 11 is 5.90. The van der Waals surface area contributed by atoms with Gasteiger partial charge in [-0.15, -0.1) is 0 Å². The molecule has 3 aromatic rings. The van der Waals surface area contributed by atoms with Crippen molar-refractivity contribution >= 4 is 35.1 Å². The van der Waals surface area contributed by atoms with Crippen molar-refractivity contribution in [2.24, 2.45) is 0 Å². The Labute approximate surface area is 177 Å². The minimum atomic E-state index is -0.662. The lowest BCUT2D eigenvalue weighted by molar-refractivity contribution is 0.00531. The Balaban J connectivity index is 1.73. The van der Waals surface area contributed by atoms with E-state index in [9.17, 15) is 19.2 Å². The van der Waals surface area contributed by atoms with Crippen LogP contribution in [0.1, 0.15) is 41.4 Å². The van der Waals surface area contributed by atoms with E-state index >= 15 is 0 Å². The molecule has 7 heteroatoms.